The lowest BCUT2D eigenvalue weighted by atomic mass is 10.2. The molecule has 10 heteroatoms. The first-order chi connectivity index (χ1) is 15.8. The molecule has 0 saturated heterocycles. The number of anilines is 5. The number of benzene rings is 2. The fourth-order valence-electron chi connectivity index (χ4n) is 3.46. The molecule has 3 heterocycles. The summed E-state index contributed by atoms with van der Waals surface area (Å²) >= 11 is 0. The number of nitrogens with zero attached hydrogens (tertiary/aromatic N) is 5. The Morgan fingerprint density at radius 3 is 1.44 bits per heavy atom. The fourth-order valence-corrected chi connectivity index (χ4v) is 3.46. The molecule has 0 bridgehead atoms. The predicted molar refractivity (Wildman–Crippen MR) is 128 cm³/mol. The summed E-state index contributed by atoms with van der Waals surface area (Å²) in [5.41, 5.74) is 3.87. The summed E-state index contributed by atoms with van der Waals surface area (Å²) in [6.07, 6.45) is 0. The van der Waals surface area contributed by atoms with Gasteiger partial charge in [0.25, 0.3) is 0 Å². The van der Waals surface area contributed by atoms with Crippen molar-refractivity contribution in [1.82, 2.24) is 25.6 Å². The van der Waals surface area contributed by atoms with Crippen LogP contribution >= 0.6 is 0 Å². The van der Waals surface area contributed by atoms with Gasteiger partial charge in [-0.3, -0.25) is 9.98 Å². The second-order valence-corrected chi connectivity index (χ2v) is 7.28. The minimum Gasteiger partial charge on any atom is -0.368 e. The van der Waals surface area contributed by atoms with Crippen molar-refractivity contribution in [3.8, 4) is 0 Å². The Morgan fingerprint density at radius 2 is 1.06 bits per heavy atom. The third-order valence-electron chi connectivity index (χ3n) is 5.04. The number of hydrogen-bond donors (Lipinski definition) is 5. The molecule has 1 aromatic heterocycles. The van der Waals surface area contributed by atoms with Gasteiger partial charge in [0.2, 0.25) is 17.8 Å². The Hall–Kier alpha value is -4.21. The van der Waals surface area contributed by atoms with Gasteiger partial charge in [0.15, 0.2) is 0 Å². The van der Waals surface area contributed by atoms with Crippen LogP contribution in [0.3, 0.4) is 0 Å². The molecule has 5 rings (SSSR count). The molecule has 0 spiro atoms. The lowest BCUT2D eigenvalue weighted by Gasteiger charge is -2.11. The summed E-state index contributed by atoms with van der Waals surface area (Å²) in [4.78, 5) is 22.2. The average molecular weight is 429 g/mol. The molecule has 0 amide bonds. The van der Waals surface area contributed by atoms with Gasteiger partial charge in [0, 0.05) is 42.6 Å². The zero-order chi connectivity index (χ0) is 21.8. The smallest absolute Gasteiger partial charge is 0.233 e. The lowest BCUT2D eigenvalue weighted by Crippen LogP contribution is -2.19. The molecule has 0 saturated carbocycles. The van der Waals surface area contributed by atoms with Crippen LogP contribution in [0.2, 0.25) is 0 Å². The van der Waals surface area contributed by atoms with E-state index in [1.807, 2.05) is 48.5 Å². The summed E-state index contributed by atoms with van der Waals surface area (Å²) < 4.78 is 0. The average Bonchev–Trinajstić information content (AvgIpc) is 3.55. The topological polar surface area (TPSA) is 124 Å². The van der Waals surface area contributed by atoms with Gasteiger partial charge in [0.1, 0.15) is 11.7 Å². The molecule has 2 aromatic carbocycles. The number of aliphatic imine (C=N–C) groups is 2. The van der Waals surface area contributed by atoms with Crippen LogP contribution in [0.5, 0.6) is 0 Å². The summed E-state index contributed by atoms with van der Waals surface area (Å²) in [6, 6.07) is 16.0. The standard InChI is InChI=1S/C22H24N10/c1-23-20-30-21(28-16-6-2-14(3-7-16)18-24-10-11-25-18)32-22(31-20)29-17-8-4-15(5-9-17)19-26-12-13-27-19/h2-9H,10-13H2,1H3,(H,24,25)(H,26,27)(H3,23,28,29,30,31,32). The Morgan fingerprint density at radius 1 is 0.625 bits per heavy atom. The van der Waals surface area contributed by atoms with E-state index >= 15 is 0 Å². The third kappa shape index (κ3) is 4.43. The van der Waals surface area contributed by atoms with Crippen molar-refractivity contribution in [2.45, 2.75) is 0 Å². The Labute approximate surface area is 185 Å². The van der Waals surface area contributed by atoms with Crippen molar-refractivity contribution >= 4 is 40.9 Å². The molecule has 2 aliphatic rings. The number of rotatable bonds is 7. The highest BCUT2D eigenvalue weighted by atomic mass is 15.3. The van der Waals surface area contributed by atoms with Crippen molar-refractivity contribution in [1.29, 1.82) is 0 Å². The Bertz CT molecular complexity index is 1060. The van der Waals surface area contributed by atoms with Gasteiger partial charge in [-0.1, -0.05) is 0 Å². The molecule has 3 aromatic rings. The highest BCUT2D eigenvalue weighted by molar-refractivity contribution is 6.00. The van der Waals surface area contributed by atoms with E-state index in [-0.39, 0.29) is 0 Å². The second-order valence-electron chi connectivity index (χ2n) is 7.28. The van der Waals surface area contributed by atoms with Crippen LogP contribution in [-0.4, -0.2) is 59.8 Å². The van der Waals surface area contributed by atoms with Crippen LogP contribution in [0.25, 0.3) is 0 Å². The van der Waals surface area contributed by atoms with E-state index in [1.165, 1.54) is 0 Å². The van der Waals surface area contributed by atoms with Crippen molar-refractivity contribution in [2.24, 2.45) is 9.98 Å². The Balaban J connectivity index is 1.31. The van der Waals surface area contributed by atoms with Gasteiger partial charge in [-0.25, -0.2) is 0 Å². The number of aromatic nitrogens is 3. The molecule has 2 aliphatic heterocycles. The maximum Gasteiger partial charge on any atom is 0.233 e. The SMILES string of the molecule is CNc1nc(Nc2ccc(C3=NCCN3)cc2)nc(Nc2ccc(C3=NCCN3)cc2)n1. The summed E-state index contributed by atoms with van der Waals surface area (Å²) in [6.45, 7) is 3.41. The number of nitrogens with one attached hydrogen (secondary N) is 5. The van der Waals surface area contributed by atoms with E-state index in [4.69, 9.17) is 0 Å². The molecule has 32 heavy (non-hydrogen) atoms. The van der Waals surface area contributed by atoms with Gasteiger partial charge < -0.3 is 26.6 Å². The maximum absolute atomic E-state index is 4.52. The molecule has 162 valence electrons. The molecular weight excluding hydrogens is 404 g/mol. The number of amidine groups is 2. The summed E-state index contributed by atoms with van der Waals surface area (Å²) in [7, 11) is 1.77. The van der Waals surface area contributed by atoms with Gasteiger partial charge in [-0.05, 0) is 48.5 Å². The first-order valence-corrected chi connectivity index (χ1v) is 10.5. The van der Waals surface area contributed by atoms with E-state index in [2.05, 4.69) is 51.5 Å². The highest BCUT2D eigenvalue weighted by Gasteiger charge is 2.11. The predicted octanol–water partition coefficient (Wildman–Crippen LogP) is 2.10. The molecule has 0 atom stereocenters. The van der Waals surface area contributed by atoms with E-state index in [9.17, 15) is 0 Å². The van der Waals surface area contributed by atoms with Crippen molar-refractivity contribution in [3.05, 3.63) is 59.7 Å². The van der Waals surface area contributed by atoms with Crippen molar-refractivity contribution < 1.29 is 0 Å². The first kappa shape index (κ1) is 19.7. The van der Waals surface area contributed by atoms with E-state index in [1.54, 1.807) is 7.05 Å². The van der Waals surface area contributed by atoms with E-state index < -0.39 is 0 Å². The third-order valence-corrected chi connectivity index (χ3v) is 5.04. The molecular formula is C22H24N10. The summed E-state index contributed by atoms with van der Waals surface area (Å²) in [5, 5.41) is 16.0. The van der Waals surface area contributed by atoms with E-state index in [0.29, 0.717) is 17.8 Å². The largest absolute Gasteiger partial charge is 0.368 e. The molecule has 0 aliphatic carbocycles. The quantitative estimate of drug-likeness (QED) is 0.388. The number of hydrogen-bond acceptors (Lipinski definition) is 10. The maximum atomic E-state index is 4.52. The highest BCUT2D eigenvalue weighted by Crippen LogP contribution is 2.20. The first-order valence-electron chi connectivity index (χ1n) is 10.5. The molecule has 0 unspecified atom stereocenters. The second kappa shape index (κ2) is 8.88. The van der Waals surface area contributed by atoms with E-state index in [0.717, 1.165) is 60.4 Å². The van der Waals surface area contributed by atoms with Crippen molar-refractivity contribution in [3.63, 3.8) is 0 Å². The minimum atomic E-state index is 0.442. The van der Waals surface area contributed by atoms with Gasteiger partial charge in [0.05, 0.1) is 13.1 Å². The minimum absolute atomic E-state index is 0.442. The van der Waals surface area contributed by atoms with Gasteiger partial charge in [-0.15, -0.1) is 0 Å². The Kier molecular flexibility index (Phi) is 5.48. The zero-order valence-corrected chi connectivity index (χ0v) is 17.7. The van der Waals surface area contributed by atoms with Crippen molar-refractivity contribution in [2.75, 3.05) is 49.2 Å². The molecule has 0 fully saturated rings. The lowest BCUT2D eigenvalue weighted by molar-refractivity contribution is 0.960. The van der Waals surface area contributed by atoms with Crippen LogP contribution in [0, 0.1) is 0 Å². The van der Waals surface area contributed by atoms with Crippen LogP contribution < -0.4 is 26.6 Å². The van der Waals surface area contributed by atoms with Gasteiger partial charge in [-0.2, -0.15) is 15.0 Å². The summed E-state index contributed by atoms with van der Waals surface area (Å²) in [5.74, 6) is 3.21. The zero-order valence-electron chi connectivity index (χ0n) is 17.7. The van der Waals surface area contributed by atoms with Crippen LogP contribution in [-0.2, 0) is 0 Å². The monoisotopic (exact) mass is 428 g/mol. The van der Waals surface area contributed by atoms with Crippen LogP contribution in [0.15, 0.2) is 58.5 Å². The van der Waals surface area contributed by atoms with Crippen LogP contribution in [0.4, 0.5) is 29.2 Å². The normalized spacial score (nSPS) is 14.8. The fraction of sp³-hybridized carbons (Fsp3) is 0.227. The molecule has 5 N–H and O–H groups in total. The van der Waals surface area contributed by atoms with Gasteiger partial charge >= 0.3 is 0 Å². The van der Waals surface area contributed by atoms with Crippen LogP contribution in [0.1, 0.15) is 11.1 Å². The molecule has 10 nitrogen and oxygen atoms in total. The molecule has 0 radical (unpaired) electrons.